The monoisotopic (exact) mass is 111 g/mol. The van der Waals surface area contributed by atoms with Gasteiger partial charge in [-0.3, -0.25) is 5.84 Å². The molecule has 44 valence electrons. The third-order valence-corrected chi connectivity index (χ3v) is 1.40. The van der Waals surface area contributed by atoms with Crippen LogP contribution in [0.4, 0.5) is 0 Å². The molecule has 0 aliphatic carbocycles. The molecule has 0 amide bonds. The van der Waals surface area contributed by atoms with Crippen LogP contribution >= 0.6 is 0 Å². The summed E-state index contributed by atoms with van der Waals surface area (Å²) in [6.45, 7) is 1.62. The number of nitrogens with two attached hydrogens (primary N) is 1. The summed E-state index contributed by atoms with van der Waals surface area (Å²) < 4.78 is 0. The largest absolute Gasteiger partial charge is 0.269 e. The third-order valence-electron chi connectivity index (χ3n) is 1.40. The average Bonchev–Trinajstić information content (AvgIpc) is 2.14. The predicted octanol–water partition coefficient (Wildman–Crippen LogP) is -0.294. The summed E-state index contributed by atoms with van der Waals surface area (Å²) in [7, 11) is 0. The summed E-state index contributed by atoms with van der Waals surface area (Å²) in [5.74, 6) is 5.56. The predicted molar refractivity (Wildman–Crippen MR) is 29.5 cm³/mol. The molecular formula is C5H9N3. The zero-order valence-electron chi connectivity index (χ0n) is 4.67. The molecule has 3 nitrogen and oxygen atoms in total. The highest BCUT2D eigenvalue weighted by Gasteiger charge is 2.18. The molecule has 0 aromatic carbocycles. The van der Waals surface area contributed by atoms with Crippen molar-refractivity contribution < 1.29 is 0 Å². The molecule has 1 atom stereocenters. The summed E-state index contributed by atoms with van der Waals surface area (Å²) in [4.78, 5) is 0. The standard InChI is InChI=1S/C5H9N3/c6-3-5-1-2-8(7)4-5/h5H,1-2,4,7H2. The van der Waals surface area contributed by atoms with Gasteiger partial charge in [-0.25, -0.2) is 5.01 Å². The zero-order chi connectivity index (χ0) is 5.98. The fraction of sp³-hybridized carbons (Fsp3) is 0.800. The van der Waals surface area contributed by atoms with Crippen LogP contribution in [-0.4, -0.2) is 18.1 Å². The number of rotatable bonds is 0. The first-order valence-electron chi connectivity index (χ1n) is 2.72. The molecule has 1 fully saturated rings. The first kappa shape index (κ1) is 5.54. The highest BCUT2D eigenvalue weighted by atomic mass is 15.4. The molecule has 0 radical (unpaired) electrons. The Labute approximate surface area is 48.7 Å². The number of nitrogens with zero attached hydrogens (tertiary/aromatic N) is 2. The van der Waals surface area contributed by atoms with E-state index in [9.17, 15) is 0 Å². The highest BCUT2D eigenvalue weighted by Crippen LogP contribution is 2.10. The molecule has 1 saturated heterocycles. The summed E-state index contributed by atoms with van der Waals surface area (Å²) >= 11 is 0. The van der Waals surface area contributed by atoms with Gasteiger partial charge in [-0.05, 0) is 6.42 Å². The molecule has 0 spiro atoms. The Kier molecular flexibility index (Phi) is 1.47. The van der Waals surface area contributed by atoms with Crippen molar-refractivity contribution in [3.63, 3.8) is 0 Å². The van der Waals surface area contributed by atoms with Gasteiger partial charge in [0.15, 0.2) is 0 Å². The van der Waals surface area contributed by atoms with E-state index >= 15 is 0 Å². The van der Waals surface area contributed by atoms with E-state index in [1.165, 1.54) is 0 Å². The van der Waals surface area contributed by atoms with Gasteiger partial charge in [-0.1, -0.05) is 0 Å². The molecule has 1 aliphatic rings. The van der Waals surface area contributed by atoms with Crippen molar-refractivity contribution in [3.8, 4) is 6.07 Å². The first-order valence-corrected chi connectivity index (χ1v) is 2.72. The topological polar surface area (TPSA) is 53.0 Å². The minimum Gasteiger partial charge on any atom is -0.269 e. The molecule has 1 heterocycles. The normalized spacial score (nSPS) is 30.2. The average molecular weight is 111 g/mol. The lowest BCUT2D eigenvalue weighted by Crippen LogP contribution is -2.27. The van der Waals surface area contributed by atoms with Crippen LogP contribution < -0.4 is 5.84 Å². The van der Waals surface area contributed by atoms with Crippen LogP contribution in [0.2, 0.25) is 0 Å². The van der Waals surface area contributed by atoms with E-state index in [-0.39, 0.29) is 5.92 Å². The molecule has 0 bridgehead atoms. The van der Waals surface area contributed by atoms with E-state index in [1.807, 2.05) is 0 Å². The first-order chi connectivity index (χ1) is 3.83. The lowest BCUT2D eigenvalue weighted by molar-refractivity contribution is 0.348. The van der Waals surface area contributed by atoms with Crippen LogP contribution in [0, 0.1) is 17.2 Å². The van der Waals surface area contributed by atoms with Gasteiger partial charge in [0.1, 0.15) is 0 Å². The van der Waals surface area contributed by atoms with Crippen LogP contribution in [0.5, 0.6) is 0 Å². The molecule has 0 saturated carbocycles. The van der Waals surface area contributed by atoms with Gasteiger partial charge in [0, 0.05) is 13.1 Å². The van der Waals surface area contributed by atoms with Gasteiger partial charge in [-0.15, -0.1) is 0 Å². The van der Waals surface area contributed by atoms with Crippen molar-refractivity contribution >= 4 is 0 Å². The Hall–Kier alpha value is -0.590. The number of hydrogen-bond acceptors (Lipinski definition) is 3. The van der Waals surface area contributed by atoms with Crippen LogP contribution in [0.1, 0.15) is 6.42 Å². The third kappa shape index (κ3) is 0.971. The fourth-order valence-corrected chi connectivity index (χ4v) is 0.893. The van der Waals surface area contributed by atoms with Crippen molar-refractivity contribution in [1.29, 1.82) is 5.26 Å². The van der Waals surface area contributed by atoms with Gasteiger partial charge in [0.05, 0.1) is 12.0 Å². The molecule has 1 unspecified atom stereocenters. The number of hydrazine groups is 1. The van der Waals surface area contributed by atoms with Crippen molar-refractivity contribution in [1.82, 2.24) is 5.01 Å². The van der Waals surface area contributed by atoms with Crippen LogP contribution in [0.3, 0.4) is 0 Å². The Morgan fingerprint density at radius 1 is 1.75 bits per heavy atom. The summed E-state index contributed by atoms with van der Waals surface area (Å²) in [5.41, 5.74) is 0. The van der Waals surface area contributed by atoms with Crippen molar-refractivity contribution in [2.45, 2.75) is 6.42 Å². The number of hydrogen-bond donors (Lipinski definition) is 1. The van der Waals surface area contributed by atoms with Gasteiger partial charge in [0.2, 0.25) is 0 Å². The quantitative estimate of drug-likeness (QED) is 0.437. The minimum absolute atomic E-state index is 0.181. The second-order valence-electron chi connectivity index (χ2n) is 2.11. The molecule has 0 aromatic heterocycles. The summed E-state index contributed by atoms with van der Waals surface area (Å²) in [6.07, 6.45) is 0.938. The number of nitriles is 1. The van der Waals surface area contributed by atoms with Crippen LogP contribution in [0.15, 0.2) is 0 Å². The van der Waals surface area contributed by atoms with Crippen LogP contribution in [-0.2, 0) is 0 Å². The van der Waals surface area contributed by atoms with Gasteiger partial charge >= 0.3 is 0 Å². The molecule has 2 N–H and O–H groups in total. The SMILES string of the molecule is N#CC1CCN(N)C1. The molecule has 8 heavy (non-hydrogen) atoms. The molecule has 0 aromatic rings. The maximum absolute atomic E-state index is 8.35. The van der Waals surface area contributed by atoms with Crippen molar-refractivity contribution in [3.05, 3.63) is 0 Å². The maximum Gasteiger partial charge on any atom is 0.0670 e. The van der Waals surface area contributed by atoms with E-state index in [0.717, 1.165) is 19.5 Å². The van der Waals surface area contributed by atoms with Crippen LogP contribution in [0.25, 0.3) is 0 Å². The van der Waals surface area contributed by atoms with E-state index in [0.29, 0.717) is 0 Å². The minimum atomic E-state index is 0.181. The Bertz CT molecular complexity index is 115. The van der Waals surface area contributed by atoms with E-state index in [2.05, 4.69) is 6.07 Å². The molecular weight excluding hydrogens is 102 g/mol. The van der Waals surface area contributed by atoms with Gasteiger partial charge in [-0.2, -0.15) is 5.26 Å². The molecule has 3 heteroatoms. The van der Waals surface area contributed by atoms with Crippen molar-refractivity contribution in [2.24, 2.45) is 11.8 Å². The fourth-order valence-electron chi connectivity index (χ4n) is 0.893. The zero-order valence-corrected chi connectivity index (χ0v) is 4.67. The van der Waals surface area contributed by atoms with Crippen molar-refractivity contribution in [2.75, 3.05) is 13.1 Å². The lowest BCUT2D eigenvalue weighted by atomic mass is 10.1. The molecule has 1 aliphatic heterocycles. The smallest absolute Gasteiger partial charge is 0.0670 e. The second-order valence-corrected chi connectivity index (χ2v) is 2.11. The summed E-state index contributed by atoms with van der Waals surface area (Å²) in [6, 6.07) is 2.17. The summed E-state index contributed by atoms with van der Waals surface area (Å²) in [5, 5.41) is 10.0. The van der Waals surface area contributed by atoms with E-state index in [4.69, 9.17) is 11.1 Å². The van der Waals surface area contributed by atoms with E-state index < -0.39 is 0 Å². The Balaban J connectivity index is 2.35. The maximum atomic E-state index is 8.35. The van der Waals surface area contributed by atoms with E-state index in [1.54, 1.807) is 5.01 Å². The molecule has 1 rings (SSSR count). The lowest BCUT2D eigenvalue weighted by Gasteiger charge is -2.02. The Morgan fingerprint density at radius 2 is 2.50 bits per heavy atom. The second kappa shape index (κ2) is 2.12. The van der Waals surface area contributed by atoms with Gasteiger partial charge < -0.3 is 0 Å². The highest BCUT2D eigenvalue weighted by molar-refractivity contribution is 4.88. The van der Waals surface area contributed by atoms with Gasteiger partial charge in [0.25, 0.3) is 0 Å². The Morgan fingerprint density at radius 3 is 2.75 bits per heavy atom.